The molecule has 0 aromatic carbocycles. The van der Waals surface area contributed by atoms with Crippen LogP contribution in [0.5, 0.6) is 0 Å². The SMILES string of the molecule is C[C@H](CCCOS(C)(=O)=O)[C@H]1CC[C@H]2[C@@H]3CC[C@@H]4CCCC[C@]4(C)[C@H]3C[C@H](OS(C)(=O)=O)[C@]12C. The van der Waals surface area contributed by atoms with Gasteiger partial charge >= 0.3 is 0 Å². The second kappa shape index (κ2) is 9.60. The van der Waals surface area contributed by atoms with Crippen molar-refractivity contribution >= 4 is 20.2 Å². The molecule has 0 aromatic heterocycles. The lowest BCUT2D eigenvalue weighted by Gasteiger charge is -2.62. The van der Waals surface area contributed by atoms with Crippen LogP contribution < -0.4 is 0 Å². The highest BCUT2D eigenvalue weighted by atomic mass is 32.2. The molecule has 4 aliphatic carbocycles. The Morgan fingerprint density at radius 3 is 2.32 bits per heavy atom. The zero-order chi connectivity index (χ0) is 24.9. The molecule has 0 aliphatic heterocycles. The highest BCUT2D eigenvalue weighted by Crippen LogP contribution is 2.69. The van der Waals surface area contributed by atoms with E-state index < -0.39 is 20.2 Å². The third kappa shape index (κ3) is 5.12. The van der Waals surface area contributed by atoms with Gasteiger partial charge in [-0.3, -0.25) is 8.37 Å². The van der Waals surface area contributed by atoms with Crippen molar-refractivity contribution < 1.29 is 25.2 Å². The summed E-state index contributed by atoms with van der Waals surface area (Å²) in [6.07, 6.45) is 14.5. The van der Waals surface area contributed by atoms with Crippen molar-refractivity contribution in [2.75, 3.05) is 19.1 Å². The van der Waals surface area contributed by atoms with Gasteiger partial charge in [0.05, 0.1) is 25.2 Å². The summed E-state index contributed by atoms with van der Waals surface area (Å²) in [6, 6.07) is 0. The van der Waals surface area contributed by atoms with Crippen molar-refractivity contribution in [3.05, 3.63) is 0 Å². The van der Waals surface area contributed by atoms with E-state index in [-0.39, 0.29) is 18.1 Å². The maximum absolute atomic E-state index is 12.4. The fourth-order valence-corrected chi connectivity index (χ4v) is 10.5. The molecule has 0 unspecified atom stereocenters. The first-order valence-corrected chi connectivity index (χ1v) is 17.1. The second-order valence-corrected chi connectivity index (χ2v) is 15.9. The fraction of sp³-hybridized carbons (Fsp3) is 1.00. The Morgan fingerprint density at radius 1 is 0.912 bits per heavy atom. The van der Waals surface area contributed by atoms with Crippen molar-refractivity contribution in [3.8, 4) is 0 Å². The van der Waals surface area contributed by atoms with Crippen molar-refractivity contribution in [2.45, 2.75) is 97.5 Å². The van der Waals surface area contributed by atoms with Crippen molar-refractivity contribution in [2.24, 2.45) is 46.3 Å². The Morgan fingerprint density at radius 2 is 1.65 bits per heavy atom. The van der Waals surface area contributed by atoms with E-state index in [4.69, 9.17) is 8.37 Å². The van der Waals surface area contributed by atoms with E-state index in [1.165, 1.54) is 44.8 Å². The Kier molecular flexibility index (Phi) is 7.59. The Hall–Kier alpha value is -0.180. The molecular weight excluding hydrogens is 472 g/mol. The number of fused-ring (bicyclic) bond motifs is 5. The molecule has 0 aromatic rings. The molecule has 4 aliphatic rings. The predicted molar refractivity (Wildman–Crippen MR) is 134 cm³/mol. The zero-order valence-electron chi connectivity index (χ0n) is 21.8. The van der Waals surface area contributed by atoms with Crippen molar-refractivity contribution in [1.29, 1.82) is 0 Å². The Bertz CT molecular complexity index is 946. The molecule has 6 nitrogen and oxygen atoms in total. The molecule has 4 saturated carbocycles. The summed E-state index contributed by atoms with van der Waals surface area (Å²) in [6.45, 7) is 7.29. The third-order valence-corrected chi connectivity index (χ3v) is 12.0. The average Bonchev–Trinajstić information content (AvgIpc) is 3.08. The van der Waals surface area contributed by atoms with Crippen LogP contribution in [-0.2, 0) is 28.6 Å². The fourth-order valence-electron chi connectivity index (χ4n) is 9.36. The lowest BCUT2D eigenvalue weighted by molar-refractivity contribution is -0.159. The first-order chi connectivity index (χ1) is 15.8. The first-order valence-electron chi connectivity index (χ1n) is 13.5. The quantitative estimate of drug-likeness (QED) is 0.317. The van der Waals surface area contributed by atoms with Gasteiger partial charge in [-0.25, -0.2) is 0 Å². The van der Waals surface area contributed by atoms with Crippen molar-refractivity contribution in [1.82, 2.24) is 0 Å². The van der Waals surface area contributed by atoms with Crippen LogP contribution in [0.3, 0.4) is 0 Å². The van der Waals surface area contributed by atoms with E-state index >= 15 is 0 Å². The van der Waals surface area contributed by atoms with E-state index in [1.807, 2.05) is 0 Å². The summed E-state index contributed by atoms with van der Waals surface area (Å²) in [5.41, 5.74) is 0.146. The van der Waals surface area contributed by atoms with E-state index in [1.54, 1.807) is 0 Å². The molecule has 0 saturated heterocycles. The predicted octanol–water partition coefficient (Wildman–Crippen LogP) is 5.38. The largest absolute Gasteiger partial charge is 0.270 e. The molecule has 0 radical (unpaired) electrons. The minimum Gasteiger partial charge on any atom is -0.270 e. The average molecular weight is 519 g/mol. The topological polar surface area (TPSA) is 86.7 Å². The molecule has 34 heavy (non-hydrogen) atoms. The molecule has 198 valence electrons. The van der Waals surface area contributed by atoms with Gasteiger partial charge in [0, 0.05) is 5.41 Å². The molecule has 0 N–H and O–H groups in total. The van der Waals surface area contributed by atoms with Gasteiger partial charge < -0.3 is 0 Å². The summed E-state index contributed by atoms with van der Waals surface area (Å²) in [5, 5.41) is 0. The van der Waals surface area contributed by atoms with Crippen LogP contribution in [-0.4, -0.2) is 42.1 Å². The molecule has 0 amide bonds. The number of hydrogen-bond acceptors (Lipinski definition) is 6. The van der Waals surface area contributed by atoms with Gasteiger partial charge in [-0.2, -0.15) is 16.8 Å². The highest BCUT2D eigenvalue weighted by molar-refractivity contribution is 7.86. The van der Waals surface area contributed by atoms with Crippen LogP contribution in [0.15, 0.2) is 0 Å². The first kappa shape index (κ1) is 26.9. The summed E-state index contributed by atoms with van der Waals surface area (Å²) in [5.74, 6) is 3.22. The smallest absolute Gasteiger partial charge is 0.264 e. The zero-order valence-corrected chi connectivity index (χ0v) is 23.4. The van der Waals surface area contributed by atoms with Gasteiger partial charge in [-0.1, -0.05) is 33.6 Å². The summed E-state index contributed by atoms with van der Waals surface area (Å²) >= 11 is 0. The van der Waals surface area contributed by atoms with Crippen LogP contribution in [0.4, 0.5) is 0 Å². The molecule has 4 rings (SSSR count). The third-order valence-electron chi connectivity index (χ3n) is 10.8. The maximum Gasteiger partial charge on any atom is 0.264 e. The summed E-state index contributed by atoms with van der Waals surface area (Å²) < 4.78 is 58.4. The molecule has 4 fully saturated rings. The van der Waals surface area contributed by atoms with Crippen LogP contribution in [0, 0.1) is 46.3 Å². The van der Waals surface area contributed by atoms with Crippen molar-refractivity contribution in [3.63, 3.8) is 0 Å². The van der Waals surface area contributed by atoms with Gasteiger partial charge in [0.2, 0.25) is 0 Å². The summed E-state index contributed by atoms with van der Waals surface area (Å²) in [4.78, 5) is 0. The molecule has 8 heteroatoms. The van der Waals surface area contributed by atoms with E-state index in [0.717, 1.165) is 37.9 Å². The van der Waals surface area contributed by atoms with Gasteiger partial charge in [0.15, 0.2) is 0 Å². The van der Waals surface area contributed by atoms with E-state index in [2.05, 4.69) is 20.8 Å². The standard InChI is InChI=1S/C26H46O6S2/c1-18(9-8-16-31-33(4,27)28)21-13-14-22-20-12-11-19-10-6-7-15-25(19,2)23(20)17-24(26(21,22)3)32-34(5,29)30/h18-24H,6-17H2,1-5H3/t18-,19+,20+,21-,22+,23+,24+,25+,26-/m1/s1. The van der Waals surface area contributed by atoms with Gasteiger partial charge in [-0.05, 0) is 98.7 Å². The molecule has 0 spiro atoms. The van der Waals surface area contributed by atoms with Gasteiger partial charge in [0.25, 0.3) is 20.2 Å². The number of hydrogen-bond donors (Lipinski definition) is 0. The monoisotopic (exact) mass is 518 g/mol. The van der Waals surface area contributed by atoms with Crippen LogP contribution in [0.2, 0.25) is 0 Å². The normalized spacial score (nSPS) is 43.6. The van der Waals surface area contributed by atoms with Gasteiger partial charge in [0.1, 0.15) is 0 Å². The lowest BCUT2D eigenvalue weighted by atomic mass is 9.44. The summed E-state index contributed by atoms with van der Waals surface area (Å²) in [7, 11) is -6.98. The van der Waals surface area contributed by atoms with Crippen LogP contribution >= 0.6 is 0 Å². The number of rotatable bonds is 8. The molecule has 0 bridgehead atoms. The second-order valence-electron chi connectivity index (χ2n) is 12.6. The minimum absolute atomic E-state index is 0.167. The highest BCUT2D eigenvalue weighted by Gasteiger charge is 2.64. The Balaban J connectivity index is 1.58. The van der Waals surface area contributed by atoms with Crippen LogP contribution in [0.1, 0.15) is 91.4 Å². The lowest BCUT2D eigenvalue weighted by Crippen LogP contribution is -2.59. The Labute approximate surface area is 208 Å². The molecular formula is C26H46O6S2. The van der Waals surface area contributed by atoms with E-state index in [0.29, 0.717) is 41.4 Å². The van der Waals surface area contributed by atoms with E-state index in [9.17, 15) is 16.8 Å². The minimum atomic E-state index is -3.56. The maximum atomic E-state index is 12.4. The molecule has 9 atom stereocenters. The molecule has 0 heterocycles. The van der Waals surface area contributed by atoms with Crippen LogP contribution in [0.25, 0.3) is 0 Å². The van der Waals surface area contributed by atoms with Gasteiger partial charge in [-0.15, -0.1) is 0 Å².